The van der Waals surface area contributed by atoms with Gasteiger partial charge in [0.15, 0.2) is 0 Å². The Balaban J connectivity index is 2.03. The van der Waals surface area contributed by atoms with E-state index in [1.165, 1.54) is 4.88 Å². The second kappa shape index (κ2) is 6.97. The van der Waals surface area contributed by atoms with Gasteiger partial charge in [-0.2, -0.15) is 0 Å². The van der Waals surface area contributed by atoms with Crippen molar-refractivity contribution in [2.45, 2.75) is 26.7 Å². The molecule has 0 radical (unpaired) electrons. The van der Waals surface area contributed by atoms with Gasteiger partial charge in [-0.3, -0.25) is 4.79 Å². The van der Waals surface area contributed by atoms with Gasteiger partial charge in [0, 0.05) is 23.4 Å². The van der Waals surface area contributed by atoms with Crippen molar-refractivity contribution in [3.05, 3.63) is 41.0 Å². The second-order valence-electron chi connectivity index (χ2n) is 5.62. The summed E-state index contributed by atoms with van der Waals surface area (Å²) in [7, 11) is 0. The maximum atomic E-state index is 10.7. The number of aromatic nitrogens is 2. The van der Waals surface area contributed by atoms with E-state index in [-0.39, 0.29) is 6.42 Å². The van der Waals surface area contributed by atoms with E-state index in [4.69, 9.17) is 5.11 Å². The average molecular weight is 341 g/mol. The van der Waals surface area contributed by atoms with E-state index in [9.17, 15) is 4.79 Å². The first-order valence-corrected chi connectivity index (χ1v) is 8.66. The maximum Gasteiger partial charge on any atom is 0.303 e. The molecule has 2 N–H and O–H groups in total. The zero-order chi connectivity index (χ0) is 17.1. The molecule has 2 aromatic heterocycles. The first kappa shape index (κ1) is 16.4. The van der Waals surface area contributed by atoms with Crippen LogP contribution in [0.2, 0.25) is 0 Å². The van der Waals surface area contributed by atoms with Crippen LogP contribution in [0.5, 0.6) is 0 Å². The fraction of sp³-hybridized carbons (Fsp3) is 0.278. The number of fused-ring (bicyclic) bond motifs is 1. The van der Waals surface area contributed by atoms with Gasteiger partial charge >= 0.3 is 5.97 Å². The van der Waals surface area contributed by atoms with Crippen molar-refractivity contribution in [1.82, 2.24) is 9.97 Å². The molecular formula is C18H19N3O2S. The van der Waals surface area contributed by atoms with E-state index in [1.807, 2.05) is 25.1 Å². The summed E-state index contributed by atoms with van der Waals surface area (Å²) in [5.41, 5.74) is 2.29. The fourth-order valence-electron chi connectivity index (χ4n) is 2.74. The average Bonchev–Trinajstić information content (AvgIpc) is 2.87. The van der Waals surface area contributed by atoms with Gasteiger partial charge in [-0.15, -0.1) is 11.3 Å². The Bertz CT molecular complexity index is 875. The summed E-state index contributed by atoms with van der Waals surface area (Å²) in [6.45, 7) is 4.54. The Labute approximate surface area is 144 Å². The van der Waals surface area contributed by atoms with Crippen molar-refractivity contribution in [1.29, 1.82) is 0 Å². The molecule has 0 aliphatic heterocycles. The number of nitrogens with one attached hydrogen (secondary N) is 1. The minimum Gasteiger partial charge on any atom is -0.481 e. The van der Waals surface area contributed by atoms with Gasteiger partial charge in [0.2, 0.25) is 0 Å². The predicted molar refractivity (Wildman–Crippen MR) is 97.7 cm³/mol. The van der Waals surface area contributed by atoms with Crippen LogP contribution in [0.25, 0.3) is 21.3 Å². The molecule has 0 saturated carbocycles. The van der Waals surface area contributed by atoms with E-state index in [1.54, 1.807) is 11.3 Å². The Kier molecular flexibility index (Phi) is 4.76. The first-order chi connectivity index (χ1) is 11.6. The van der Waals surface area contributed by atoms with Crippen molar-refractivity contribution in [2.75, 3.05) is 11.9 Å². The molecule has 2 heterocycles. The topological polar surface area (TPSA) is 75.1 Å². The first-order valence-electron chi connectivity index (χ1n) is 7.85. The van der Waals surface area contributed by atoms with Crippen molar-refractivity contribution in [2.24, 2.45) is 0 Å². The molecule has 0 atom stereocenters. The number of carboxylic acids is 1. The van der Waals surface area contributed by atoms with Crippen LogP contribution < -0.4 is 5.32 Å². The molecule has 3 aromatic rings. The molecule has 3 rings (SSSR count). The van der Waals surface area contributed by atoms with Crippen LogP contribution >= 0.6 is 11.3 Å². The predicted octanol–water partition coefficient (Wildman–Crippen LogP) is 4.25. The summed E-state index contributed by atoms with van der Waals surface area (Å²) < 4.78 is 0. The molecule has 1 aromatic carbocycles. The third kappa shape index (κ3) is 3.38. The number of aliphatic carboxylic acids is 1. The summed E-state index contributed by atoms with van der Waals surface area (Å²) in [5, 5.41) is 13.1. The summed E-state index contributed by atoms with van der Waals surface area (Å²) in [4.78, 5) is 22.0. The van der Waals surface area contributed by atoms with Crippen LogP contribution in [-0.2, 0) is 4.79 Å². The number of rotatable bonds is 6. The van der Waals surface area contributed by atoms with Crippen molar-refractivity contribution >= 4 is 33.3 Å². The molecule has 0 aliphatic rings. The molecule has 0 saturated heterocycles. The lowest BCUT2D eigenvalue weighted by Gasteiger charge is -2.09. The highest BCUT2D eigenvalue weighted by Gasteiger charge is 2.17. The van der Waals surface area contributed by atoms with Gasteiger partial charge in [-0.25, -0.2) is 9.97 Å². The summed E-state index contributed by atoms with van der Waals surface area (Å²) in [6.07, 6.45) is 0.706. The smallest absolute Gasteiger partial charge is 0.303 e. The Morgan fingerprint density at radius 1 is 1.21 bits per heavy atom. The van der Waals surface area contributed by atoms with E-state index in [2.05, 4.69) is 34.3 Å². The largest absolute Gasteiger partial charge is 0.481 e. The SMILES string of the molecule is Cc1nc(NCCCC(=O)O)c2c(-c3ccccc3)c(C)sc2n1. The molecule has 0 unspecified atom stereocenters. The van der Waals surface area contributed by atoms with Gasteiger partial charge < -0.3 is 10.4 Å². The van der Waals surface area contributed by atoms with Crippen LogP contribution in [0.4, 0.5) is 5.82 Å². The quantitative estimate of drug-likeness (QED) is 0.656. The van der Waals surface area contributed by atoms with Crippen molar-refractivity contribution in [3.63, 3.8) is 0 Å². The maximum absolute atomic E-state index is 10.7. The lowest BCUT2D eigenvalue weighted by atomic mass is 10.0. The van der Waals surface area contributed by atoms with E-state index in [0.29, 0.717) is 18.8 Å². The number of carboxylic acid groups (broad SMARTS) is 1. The highest BCUT2D eigenvalue weighted by Crippen LogP contribution is 2.40. The van der Waals surface area contributed by atoms with Gasteiger partial charge in [0.1, 0.15) is 16.5 Å². The molecule has 0 spiro atoms. The van der Waals surface area contributed by atoms with Crippen LogP contribution in [-0.4, -0.2) is 27.6 Å². The van der Waals surface area contributed by atoms with E-state index >= 15 is 0 Å². The minimum absolute atomic E-state index is 0.147. The summed E-state index contributed by atoms with van der Waals surface area (Å²) in [6, 6.07) is 10.2. The fourth-order valence-corrected chi connectivity index (χ4v) is 3.84. The molecule has 0 bridgehead atoms. The number of benzene rings is 1. The van der Waals surface area contributed by atoms with Gasteiger partial charge in [0.05, 0.1) is 5.39 Å². The number of aryl methyl sites for hydroxylation is 2. The number of hydrogen-bond acceptors (Lipinski definition) is 5. The standard InChI is InChI=1S/C18H19N3O2S/c1-11-15(13-7-4-3-5-8-13)16-17(19-10-6-9-14(22)23)20-12(2)21-18(16)24-11/h3-5,7-8H,6,9-10H2,1-2H3,(H,22,23)(H,19,20,21). The van der Waals surface area contributed by atoms with Crippen molar-refractivity contribution < 1.29 is 9.90 Å². The molecular weight excluding hydrogens is 322 g/mol. The number of thiophene rings is 1. The van der Waals surface area contributed by atoms with Crippen LogP contribution in [0.3, 0.4) is 0 Å². The zero-order valence-electron chi connectivity index (χ0n) is 13.7. The summed E-state index contributed by atoms with van der Waals surface area (Å²) in [5.74, 6) is 0.715. The zero-order valence-corrected chi connectivity index (χ0v) is 14.5. The molecule has 0 amide bonds. The monoisotopic (exact) mass is 341 g/mol. The normalized spacial score (nSPS) is 10.9. The molecule has 0 aliphatic carbocycles. The molecule has 124 valence electrons. The second-order valence-corrected chi connectivity index (χ2v) is 6.83. The minimum atomic E-state index is -0.780. The third-order valence-electron chi connectivity index (χ3n) is 3.76. The van der Waals surface area contributed by atoms with Crippen LogP contribution in [0.1, 0.15) is 23.5 Å². The highest BCUT2D eigenvalue weighted by atomic mass is 32.1. The van der Waals surface area contributed by atoms with Gasteiger partial charge in [-0.05, 0) is 25.8 Å². The molecule has 6 heteroatoms. The molecule has 0 fully saturated rings. The molecule has 24 heavy (non-hydrogen) atoms. The van der Waals surface area contributed by atoms with Crippen LogP contribution in [0.15, 0.2) is 30.3 Å². The highest BCUT2D eigenvalue weighted by molar-refractivity contribution is 7.19. The number of carbonyl (C=O) groups is 1. The van der Waals surface area contributed by atoms with Gasteiger partial charge in [-0.1, -0.05) is 30.3 Å². The number of anilines is 1. The van der Waals surface area contributed by atoms with E-state index in [0.717, 1.165) is 27.2 Å². The third-order valence-corrected chi connectivity index (χ3v) is 4.76. The lowest BCUT2D eigenvalue weighted by Crippen LogP contribution is -2.07. The lowest BCUT2D eigenvalue weighted by molar-refractivity contribution is -0.137. The van der Waals surface area contributed by atoms with Gasteiger partial charge in [0.25, 0.3) is 0 Å². The number of hydrogen-bond donors (Lipinski definition) is 2. The number of nitrogens with zero attached hydrogens (tertiary/aromatic N) is 2. The van der Waals surface area contributed by atoms with Crippen LogP contribution in [0, 0.1) is 13.8 Å². The van der Waals surface area contributed by atoms with Crippen molar-refractivity contribution in [3.8, 4) is 11.1 Å². The Morgan fingerprint density at radius 2 is 1.96 bits per heavy atom. The Morgan fingerprint density at radius 3 is 2.67 bits per heavy atom. The molecule has 5 nitrogen and oxygen atoms in total. The Hall–Kier alpha value is -2.47. The summed E-state index contributed by atoms with van der Waals surface area (Å²) >= 11 is 1.66. The van der Waals surface area contributed by atoms with E-state index < -0.39 is 5.97 Å².